The van der Waals surface area contributed by atoms with Crippen LogP contribution in [0.5, 0.6) is 0 Å². The summed E-state index contributed by atoms with van der Waals surface area (Å²) in [6, 6.07) is 8.19. The first-order chi connectivity index (χ1) is 14.5. The summed E-state index contributed by atoms with van der Waals surface area (Å²) in [7, 11) is 2.14. The Bertz CT molecular complexity index is 874. The van der Waals surface area contributed by atoms with Crippen LogP contribution in [0.2, 0.25) is 0 Å². The molecule has 1 amide bonds. The van der Waals surface area contributed by atoms with Crippen LogP contribution in [-0.4, -0.2) is 85.1 Å². The third-order valence-electron chi connectivity index (χ3n) is 5.84. The number of hydrogen-bond acceptors (Lipinski definition) is 6. The molecule has 2 aliphatic rings. The van der Waals surface area contributed by atoms with E-state index in [9.17, 15) is 9.18 Å². The number of benzene rings is 1. The molecule has 1 aromatic carbocycles. The number of piperazine rings is 2. The second kappa shape index (κ2) is 8.95. The Balaban J connectivity index is 1.36. The molecule has 2 aliphatic heterocycles. The van der Waals surface area contributed by atoms with Gasteiger partial charge in [-0.2, -0.15) is 4.98 Å². The summed E-state index contributed by atoms with van der Waals surface area (Å²) in [6.45, 7) is 8.72. The first kappa shape index (κ1) is 20.5. The van der Waals surface area contributed by atoms with E-state index < -0.39 is 0 Å². The highest BCUT2D eigenvalue weighted by molar-refractivity contribution is 5.79. The van der Waals surface area contributed by atoms with Crippen molar-refractivity contribution in [3.63, 3.8) is 0 Å². The number of amides is 1. The minimum atomic E-state index is -0.283. The highest BCUT2D eigenvalue weighted by Crippen LogP contribution is 2.20. The SMILES string of the molecule is Cc1cc(N2CCN(C)CC2)nc(N2CCN(C(=O)Cc3ccc(F)cc3)CC2)n1. The summed E-state index contributed by atoms with van der Waals surface area (Å²) in [5.74, 6) is 1.52. The van der Waals surface area contributed by atoms with E-state index in [1.54, 1.807) is 12.1 Å². The molecule has 30 heavy (non-hydrogen) atoms. The van der Waals surface area contributed by atoms with E-state index >= 15 is 0 Å². The monoisotopic (exact) mass is 412 g/mol. The zero-order chi connectivity index (χ0) is 21.1. The van der Waals surface area contributed by atoms with Gasteiger partial charge in [-0.25, -0.2) is 9.37 Å². The van der Waals surface area contributed by atoms with Gasteiger partial charge in [0, 0.05) is 64.1 Å². The van der Waals surface area contributed by atoms with Gasteiger partial charge in [-0.15, -0.1) is 0 Å². The Morgan fingerprint density at radius 1 is 0.933 bits per heavy atom. The van der Waals surface area contributed by atoms with E-state index in [2.05, 4.69) is 32.8 Å². The zero-order valence-corrected chi connectivity index (χ0v) is 17.7. The van der Waals surface area contributed by atoms with Crippen molar-refractivity contribution in [3.05, 3.63) is 47.4 Å². The lowest BCUT2D eigenvalue weighted by Crippen LogP contribution is -2.50. The number of aromatic nitrogens is 2. The van der Waals surface area contributed by atoms with Crippen LogP contribution in [0.4, 0.5) is 16.2 Å². The summed E-state index contributed by atoms with van der Waals surface area (Å²) in [4.78, 5) is 30.8. The average Bonchev–Trinajstić information content (AvgIpc) is 2.75. The predicted molar refractivity (Wildman–Crippen MR) is 115 cm³/mol. The lowest BCUT2D eigenvalue weighted by atomic mass is 10.1. The molecule has 2 aromatic rings. The second-order valence-electron chi connectivity index (χ2n) is 8.13. The molecule has 0 bridgehead atoms. The van der Waals surface area contributed by atoms with Gasteiger partial charge in [-0.05, 0) is 31.7 Å². The van der Waals surface area contributed by atoms with Crippen molar-refractivity contribution >= 4 is 17.7 Å². The maximum absolute atomic E-state index is 13.1. The van der Waals surface area contributed by atoms with Gasteiger partial charge in [0.1, 0.15) is 11.6 Å². The largest absolute Gasteiger partial charge is 0.354 e. The van der Waals surface area contributed by atoms with E-state index in [-0.39, 0.29) is 11.7 Å². The number of halogens is 1. The molecule has 0 N–H and O–H groups in total. The fraction of sp³-hybridized carbons (Fsp3) is 0.500. The van der Waals surface area contributed by atoms with Crippen molar-refractivity contribution < 1.29 is 9.18 Å². The van der Waals surface area contributed by atoms with Gasteiger partial charge in [0.15, 0.2) is 0 Å². The van der Waals surface area contributed by atoms with E-state index in [0.29, 0.717) is 32.6 Å². The summed E-state index contributed by atoms with van der Waals surface area (Å²) in [6.07, 6.45) is 0.300. The number of likely N-dealkylation sites (N-methyl/N-ethyl adjacent to an activating group) is 1. The quantitative estimate of drug-likeness (QED) is 0.760. The Hall–Kier alpha value is -2.74. The van der Waals surface area contributed by atoms with Gasteiger partial charge in [0.2, 0.25) is 11.9 Å². The van der Waals surface area contributed by atoms with Crippen LogP contribution in [0.25, 0.3) is 0 Å². The van der Waals surface area contributed by atoms with Crippen LogP contribution in [0.1, 0.15) is 11.3 Å². The minimum absolute atomic E-state index is 0.0737. The molecule has 0 spiro atoms. The highest BCUT2D eigenvalue weighted by Gasteiger charge is 2.24. The number of anilines is 2. The number of hydrogen-bond donors (Lipinski definition) is 0. The van der Waals surface area contributed by atoms with Crippen LogP contribution >= 0.6 is 0 Å². The molecule has 0 atom stereocenters. The Labute approximate surface area is 177 Å². The molecule has 7 nitrogen and oxygen atoms in total. The molecular weight excluding hydrogens is 383 g/mol. The molecule has 1 aromatic heterocycles. The molecule has 2 saturated heterocycles. The summed E-state index contributed by atoms with van der Waals surface area (Å²) in [5.41, 5.74) is 1.80. The number of aryl methyl sites for hydroxylation is 1. The van der Waals surface area contributed by atoms with Gasteiger partial charge in [0.05, 0.1) is 6.42 Å². The van der Waals surface area contributed by atoms with Gasteiger partial charge in [-0.3, -0.25) is 4.79 Å². The molecule has 0 saturated carbocycles. The molecule has 0 aliphatic carbocycles. The Kier molecular flexibility index (Phi) is 6.13. The van der Waals surface area contributed by atoms with Crippen molar-refractivity contribution in [2.75, 3.05) is 69.2 Å². The van der Waals surface area contributed by atoms with Gasteiger partial charge in [0.25, 0.3) is 0 Å². The molecule has 0 radical (unpaired) electrons. The maximum Gasteiger partial charge on any atom is 0.227 e. The van der Waals surface area contributed by atoms with Crippen molar-refractivity contribution in [1.29, 1.82) is 0 Å². The smallest absolute Gasteiger partial charge is 0.227 e. The topological polar surface area (TPSA) is 55.8 Å². The van der Waals surface area contributed by atoms with Crippen LogP contribution in [0.3, 0.4) is 0 Å². The lowest BCUT2D eigenvalue weighted by Gasteiger charge is -2.36. The molecule has 0 unspecified atom stereocenters. The average molecular weight is 413 g/mol. The zero-order valence-electron chi connectivity index (χ0n) is 17.7. The fourth-order valence-corrected chi connectivity index (χ4v) is 3.92. The number of rotatable bonds is 4. The first-order valence-corrected chi connectivity index (χ1v) is 10.5. The molecular formula is C22H29FN6O. The standard InChI is InChI=1S/C22H29FN6O/c1-17-15-20(27-9-7-26(2)8-10-27)25-22(24-17)29-13-11-28(12-14-29)21(30)16-18-3-5-19(23)6-4-18/h3-6,15H,7-14,16H2,1-2H3. The molecule has 4 rings (SSSR count). The van der Waals surface area contributed by atoms with Crippen molar-refractivity contribution in [2.24, 2.45) is 0 Å². The van der Waals surface area contributed by atoms with E-state index in [4.69, 9.17) is 4.98 Å². The van der Waals surface area contributed by atoms with Crippen molar-refractivity contribution in [3.8, 4) is 0 Å². The normalized spacial score (nSPS) is 18.0. The number of nitrogens with zero attached hydrogens (tertiary/aromatic N) is 6. The van der Waals surface area contributed by atoms with Crippen molar-refractivity contribution in [2.45, 2.75) is 13.3 Å². The van der Waals surface area contributed by atoms with E-state index in [0.717, 1.165) is 49.2 Å². The predicted octanol–water partition coefficient (Wildman–Crippen LogP) is 1.57. The van der Waals surface area contributed by atoms with E-state index in [1.165, 1.54) is 12.1 Å². The molecule has 8 heteroatoms. The fourth-order valence-electron chi connectivity index (χ4n) is 3.92. The number of carbonyl (C=O) groups excluding carboxylic acids is 1. The molecule has 2 fully saturated rings. The summed E-state index contributed by atoms with van der Waals surface area (Å²) in [5, 5.41) is 0. The van der Waals surface area contributed by atoms with Crippen LogP contribution in [0.15, 0.2) is 30.3 Å². The summed E-state index contributed by atoms with van der Waals surface area (Å²) >= 11 is 0. The lowest BCUT2D eigenvalue weighted by molar-refractivity contribution is -0.130. The van der Waals surface area contributed by atoms with Crippen LogP contribution < -0.4 is 9.80 Å². The molecule has 160 valence electrons. The maximum atomic E-state index is 13.1. The second-order valence-corrected chi connectivity index (χ2v) is 8.13. The Morgan fingerprint density at radius 3 is 2.23 bits per heavy atom. The van der Waals surface area contributed by atoms with Crippen LogP contribution in [0, 0.1) is 12.7 Å². The van der Waals surface area contributed by atoms with Gasteiger partial charge >= 0.3 is 0 Å². The first-order valence-electron chi connectivity index (χ1n) is 10.5. The third kappa shape index (κ3) is 4.87. The van der Waals surface area contributed by atoms with E-state index in [1.807, 2.05) is 11.8 Å². The highest BCUT2D eigenvalue weighted by atomic mass is 19.1. The minimum Gasteiger partial charge on any atom is -0.354 e. The number of carbonyl (C=O) groups is 1. The van der Waals surface area contributed by atoms with Gasteiger partial charge < -0.3 is 19.6 Å². The Morgan fingerprint density at radius 2 is 1.57 bits per heavy atom. The summed E-state index contributed by atoms with van der Waals surface area (Å²) < 4.78 is 13.1. The molecule has 3 heterocycles. The van der Waals surface area contributed by atoms with Crippen molar-refractivity contribution in [1.82, 2.24) is 19.8 Å². The third-order valence-corrected chi connectivity index (χ3v) is 5.84. The van der Waals surface area contributed by atoms with Gasteiger partial charge in [-0.1, -0.05) is 12.1 Å². The van der Waals surface area contributed by atoms with Crippen LogP contribution in [-0.2, 0) is 11.2 Å².